The Labute approximate surface area is 139 Å². The number of hydrogen-bond acceptors (Lipinski definition) is 4. The second kappa shape index (κ2) is 11.7. The molecule has 0 spiro atoms. The second-order valence-corrected chi connectivity index (χ2v) is 5.68. The summed E-state index contributed by atoms with van der Waals surface area (Å²) in [6.07, 6.45) is 5.04. The molecule has 0 radical (unpaired) electrons. The van der Waals surface area contributed by atoms with Crippen LogP contribution >= 0.6 is 0 Å². The van der Waals surface area contributed by atoms with Gasteiger partial charge in [0.05, 0.1) is 6.61 Å². The first-order valence-electron chi connectivity index (χ1n) is 8.53. The monoisotopic (exact) mass is 320 g/mol. The first-order valence-corrected chi connectivity index (χ1v) is 8.53. The lowest BCUT2D eigenvalue weighted by atomic mass is 10.1. The molecule has 1 aromatic rings. The number of unbranched alkanes of at least 4 members (excludes halogenated alkanes) is 3. The molecule has 0 aliphatic carbocycles. The van der Waals surface area contributed by atoms with Gasteiger partial charge >= 0.3 is 11.9 Å². The van der Waals surface area contributed by atoms with Gasteiger partial charge in [0.2, 0.25) is 0 Å². The number of rotatable bonds is 11. The first-order chi connectivity index (χ1) is 11.1. The van der Waals surface area contributed by atoms with Crippen LogP contribution in [0.3, 0.4) is 0 Å². The molecule has 128 valence electrons. The van der Waals surface area contributed by atoms with Crippen molar-refractivity contribution in [2.45, 2.75) is 64.9 Å². The zero-order valence-electron chi connectivity index (χ0n) is 14.3. The maximum absolute atomic E-state index is 11.8. The topological polar surface area (TPSA) is 52.6 Å². The normalized spacial score (nSPS) is 11.7. The highest BCUT2D eigenvalue weighted by molar-refractivity contribution is 5.72. The average Bonchev–Trinajstić information content (AvgIpc) is 2.55. The van der Waals surface area contributed by atoms with E-state index in [1.165, 1.54) is 6.42 Å². The van der Waals surface area contributed by atoms with Gasteiger partial charge in [0.1, 0.15) is 6.10 Å². The van der Waals surface area contributed by atoms with Crippen LogP contribution in [0.2, 0.25) is 0 Å². The van der Waals surface area contributed by atoms with Crippen LogP contribution in [0.15, 0.2) is 30.3 Å². The van der Waals surface area contributed by atoms with Gasteiger partial charge in [-0.05, 0) is 25.3 Å². The summed E-state index contributed by atoms with van der Waals surface area (Å²) in [5.41, 5.74) is 0.965. The molecule has 0 aliphatic heterocycles. The second-order valence-electron chi connectivity index (χ2n) is 5.68. The predicted molar refractivity (Wildman–Crippen MR) is 89.9 cm³/mol. The fraction of sp³-hybridized carbons (Fsp3) is 0.579. The molecule has 0 aliphatic rings. The van der Waals surface area contributed by atoms with E-state index in [4.69, 9.17) is 9.47 Å². The lowest BCUT2D eigenvalue weighted by molar-refractivity contribution is -0.149. The van der Waals surface area contributed by atoms with Crippen LogP contribution in [-0.2, 0) is 19.1 Å². The summed E-state index contributed by atoms with van der Waals surface area (Å²) in [6.45, 7) is 4.47. The van der Waals surface area contributed by atoms with Crippen molar-refractivity contribution >= 4 is 11.9 Å². The van der Waals surface area contributed by atoms with Gasteiger partial charge in [-0.2, -0.15) is 0 Å². The lowest BCUT2D eigenvalue weighted by Gasteiger charge is -2.13. The molecular weight excluding hydrogens is 292 g/mol. The van der Waals surface area contributed by atoms with Crippen molar-refractivity contribution in [3.8, 4) is 0 Å². The maximum Gasteiger partial charge on any atom is 0.306 e. The van der Waals surface area contributed by atoms with Crippen molar-refractivity contribution in [1.29, 1.82) is 0 Å². The molecular formula is C19H28O4. The largest absolute Gasteiger partial charge is 0.466 e. The molecule has 0 bridgehead atoms. The van der Waals surface area contributed by atoms with Gasteiger partial charge in [-0.1, -0.05) is 56.5 Å². The Morgan fingerprint density at radius 3 is 2.35 bits per heavy atom. The van der Waals surface area contributed by atoms with Crippen LogP contribution in [0.4, 0.5) is 0 Å². The van der Waals surface area contributed by atoms with Crippen molar-refractivity contribution in [2.75, 3.05) is 6.61 Å². The Bertz CT molecular complexity index is 456. The van der Waals surface area contributed by atoms with Gasteiger partial charge in [-0.25, -0.2) is 0 Å². The molecule has 0 saturated carbocycles. The summed E-state index contributed by atoms with van der Waals surface area (Å²) >= 11 is 0. The van der Waals surface area contributed by atoms with Crippen molar-refractivity contribution in [2.24, 2.45) is 0 Å². The molecule has 1 atom stereocenters. The third kappa shape index (κ3) is 9.01. The lowest BCUT2D eigenvalue weighted by Crippen LogP contribution is -2.10. The molecule has 4 nitrogen and oxygen atoms in total. The van der Waals surface area contributed by atoms with E-state index in [0.29, 0.717) is 13.0 Å². The Kier molecular flexibility index (Phi) is 9.76. The van der Waals surface area contributed by atoms with E-state index in [-0.39, 0.29) is 30.9 Å². The standard InChI is InChI=1S/C19H28O4/c1-3-4-5-9-15-22-18(20)13-10-14-19(21)23-16(2)17-11-7-6-8-12-17/h6-8,11-12,16H,3-5,9-10,13-15H2,1-2H3. The highest BCUT2D eigenvalue weighted by atomic mass is 16.5. The van der Waals surface area contributed by atoms with Crippen LogP contribution in [0.5, 0.6) is 0 Å². The molecule has 0 saturated heterocycles. The van der Waals surface area contributed by atoms with E-state index in [1.807, 2.05) is 37.3 Å². The highest BCUT2D eigenvalue weighted by Gasteiger charge is 2.12. The Morgan fingerprint density at radius 2 is 1.65 bits per heavy atom. The number of hydrogen-bond donors (Lipinski definition) is 0. The van der Waals surface area contributed by atoms with Gasteiger partial charge in [-0.15, -0.1) is 0 Å². The summed E-state index contributed by atoms with van der Waals surface area (Å²) in [5, 5.41) is 0. The predicted octanol–water partition coefficient (Wildman–Crippen LogP) is 4.58. The van der Waals surface area contributed by atoms with Crippen molar-refractivity contribution in [1.82, 2.24) is 0 Å². The molecule has 23 heavy (non-hydrogen) atoms. The summed E-state index contributed by atoms with van der Waals surface area (Å²) in [6, 6.07) is 9.60. The zero-order valence-corrected chi connectivity index (χ0v) is 14.3. The van der Waals surface area contributed by atoms with Crippen LogP contribution in [0.25, 0.3) is 0 Å². The molecule has 0 amide bonds. The Morgan fingerprint density at radius 1 is 0.957 bits per heavy atom. The number of carbonyl (C=O) groups excluding carboxylic acids is 2. The van der Waals surface area contributed by atoms with Crippen molar-refractivity contribution < 1.29 is 19.1 Å². The molecule has 0 aromatic heterocycles. The quantitative estimate of drug-likeness (QED) is 0.442. The molecule has 0 heterocycles. The minimum absolute atomic E-state index is 0.231. The molecule has 0 fully saturated rings. The van der Waals surface area contributed by atoms with E-state index < -0.39 is 0 Å². The summed E-state index contributed by atoms with van der Waals surface area (Å²) in [7, 11) is 0. The number of benzene rings is 1. The molecule has 1 unspecified atom stereocenters. The van der Waals surface area contributed by atoms with Gasteiger partial charge in [-0.3, -0.25) is 9.59 Å². The zero-order chi connectivity index (χ0) is 16.9. The highest BCUT2D eigenvalue weighted by Crippen LogP contribution is 2.17. The van der Waals surface area contributed by atoms with E-state index in [2.05, 4.69) is 6.92 Å². The summed E-state index contributed by atoms with van der Waals surface area (Å²) in [4.78, 5) is 23.3. The minimum atomic E-state index is -0.280. The third-order valence-electron chi connectivity index (χ3n) is 3.60. The van der Waals surface area contributed by atoms with Crippen LogP contribution in [-0.4, -0.2) is 18.5 Å². The van der Waals surface area contributed by atoms with Crippen molar-refractivity contribution in [3.05, 3.63) is 35.9 Å². The third-order valence-corrected chi connectivity index (χ3v) is 3.60. The molecule has 1 aromatic carbocycles. The van der Waals surface area contributed by atoms with Gasteiger partial charge in [0, 0.05) is 12.8 Å². The van der Waals surface area contributed by atoms with Gasteiger partial charge in [0.25, 0.3) is 0 Å². The van der Waals surface area contributed by atoms with E-state index in [0.717, 1.165) is 24.8 Å². The van der Waals surface area contributed by atoms with Crippen molar-refractivity contribution in [3.63, 3.8) is 0 Å². The van der Waals surface area contributed by atoms with E-state index in [9.17, 15) is 9.59 Å². The Hall–Kier alpha value is -1.84. The molecule has 0 N–H and O–H groups in total. The molecule has 4 heteroatoms. The number of ether oxygens (including phenoxy) is 2. The van der Waals surface area contributed by atoms with Gasteiger partial charge in [0.15, 0.2) is 0 Å². The SMILES string of the molecule is CCCCCCOC(=O)CCCC(=O)OC(C)c1ccccc1. The van der Waals surface area contributed by atoms with Crippen LogP contribution < -0.4 is 0 Å². The smallest absolute Gasteiger partial charge is 0.306 e. The molecule has 1 rings (SSSR count). The van der Waals surface area contributed by atoms with Gasteiger partial charge < -0.3 is 9.47 Å². The van der Waals surface area contributed by atoms with Crippen LogP contribution in [0, 0.1) is 0 Å². The minimum Gasteiger partial charge on any atom is -0.466 e. The van der Waals surface area contributed by atoms with E-state index in [1.54, 1.807) is 0 Å². The maximum atomic E-state index is 11.8. The Balaban J connectivity index is 2.10. The fourth-order valence-corrected chi connectivity index (χ4v) is 2.21. The number of carbonyl (C=O) groups is 2. The summed E-state index contributed by atoms with van der Waals surface area (Å²) < 4.78 is 10.5. The van der Waals surface area contributed by atoms with Crippen LogP contribution in [0.1, 0.15) is 70.5 Å². The number of esters is 2. The average molecular weight is 320 g/mol. The first kappa shape index (κ1) is 19.2. The van der Waals surface area contributed by atoms with E-state index >= 15 is 0 Å². The summed E-state index contributed by atoms with van der Waals surface area (Å²) in [5.74, 6) is -0.512. The fourth-order valence-electron chi connectivity index (χ4n) is 2.21.